The molecule has 0 saturated carbocycles. The van der Waals surface area contributed by atoms with Crippen molar-refractivity contribution in [3.63, 3.8) is 0 Å². The van der Waals surface area contributed by atoms with Crippen molar-refractivity contribution in [1.82, 2.24) is 15.1 Å². The van der Waals surface area contributed by atoms with E-state index in [2.05, 4.69) is 10.4 Å². The summed E-state index contributed by atoms with van der Waals surface area (Å²) in [6.07, 6.45) is 1.88. The number of rotatable bonds is 6. The predicted octanol–water partition coefficient (Wildman–Crippen LogP) is 1.61. The van der Waals surface area contributed by atoms with Crippen LogP contribution in [-0.2, 0) is 0 Å². The molecule has 0 aliphatic rings. The lowest BCUT2D eigenvalue weighted by molar-refractivity contribution is 0.0902. The Kier molecular flexibility index (Phi) is 5.11. The third kappa shape index (κ3) is 3.62. The number of hydrogen-bond donors (Lipinski definition) is 3. The van der Waals surface area contributed by atoms with E-state index in [1.54, 1.807) is 6.07 Å². The van der Waals surface area contributed by atoms with Gasteiger partial charge in [-0.3, -0.25) is 4.79 Å². The van der Waals surface area contributed by atoms with E-state index in [4.69, 9.17) is 0 Å². The molecule has 1 atom stereocenters. The van der Waals surface area contributed by atoms with Crippen LogP contribution in [0.1, 0.15) is 30.3 Å². The third-order valence-corrected chi connectivity index (χ3v) is 3.13. The largest absolute Gasteiger partial charge is 0.504 e. The van der Waals surface area contributed by atoms with E-state index in [1.165, 1.54) is 18.2 Å². The Bertz CT molecular complexity index is 657. The zero-order chi connectivity index (χ0) is 16.1. The van der Waals surface area contributed by atoms with Crippen LogP contribution in [-0.4, -0.2) is 38.5 Å². The Labute approximate surface area is 127 Å². The first kappa shape index (κ1) is 16.0. The number of nitrogens with zero attached hydrogens (tertiary/aromatic N) is 2. The van der Waals surface area contributed by atoms with Crippen molar-refractivity contribution in [1.29, 1.82) is 0 Å². The summed E-state index contributed by atoms with van der Waals surface area (Å²) in [7, 11) is 0. The van der Waals surface area contributed by atoms with Crippen molar-refractivity contribution >= 4 is 5.91 Å². The summed E-state index contributed by atoms with van der Waals surface area (Å²) in [5, 5.41) is 25.8. The average Bonchev–Trinajstić information content (AvgIpc) is 2.87. The molecule has 6 nitrogen and oxygen atoms in total. The zero-order valence-electron chi connectivity index (χ0n) is 12.2. The van der Waals surface area contributed by atoms with Gasteiger partial charge in [-0.25, -0.2) is 9.07 Å². The number of carbonyl (C=O) groups excluding carboxylic acids is 1. The van der Waals surface area contributed by atoms with Gasteiger partial charge in [0.05, 0.1) is 12.3 Å². The highest BCUT2D eigenvalue weighted by atomic mass is 19.1. The van der Waals surface area contributed by atoms with Gasteiger partial charge >= 0.3 is 0 Å². The van der Waals surface area contributed by atoms with Gasteiger partial charge in [-0.15, -0.1) is 0 Å². The number of aliphatic hydroxyl groups is 1. The van der Waals surface area contributed by atoms with Crippen molar-refractivity contribution in [2.75, 3.05) is 6.54 Å². The van der Waals surface area contributed by atoms with Crippen LogP contribution in [0, 0.1) is 5.82 Å². The maximum atomic E-state index is 13.7. The fourth-order valence-electron chi connectivity index (χ4n) is 2.02. The minimum atomic E-state index is -0.648. The second-order valence-corrected chi connectivity index (χ2v) is 4.91. The highest BCUT2D eigenvalue weighted by molar-refractivity contribution is 5.94. The summed E-state index contributed by atoms with van der Waals surface area (Å²) in [6, 6.07) is 5.90. The summed E-state index contributed by atoms with van der Waals surface area (Å²) >= 11 is 0. The van der Waals surface area contributed by atoms with E-state index in [-0.39, 0.29) is 23.7 Å². The zero-order valence-corrected chi connectivity index (χ0v) is 12.2. The molecule has 0 aliphatic carbocycles. The van der Waals surface area contributed by atoms with Gasteiger partial charge in [0.2, 0.25) is 0 Å². The lowest BCUT2D eigenvalue weighted by Crippen LogP contribution is -2.32. The van der Waals surface area contributed by atoms with Crippen LogP contribution in [0.2, 0.25) is 0 Å². The maximum Gasteiger partial charge on any atom is 0.275 e. The number of aromatic hydroxyl groups is 1. The van der Waals surface area contributed by atoms with Crippen LogP contribution >= 0.6 is 0 Å². The van der Waals surface area contributed by atoms with Crippen LogP contribution in [0.25, 0.3) is 5.69 Å². The minimum absolute atomic E-state index is 0.0681. The molecule has 0 radical (unpaired) electrons. The van der Waals surface area contributed by atoms with E-state index in [0.29, 0.717) is 6.42 Å². The first-order valence-corrected chi connectivity index (χ1v) is 7.02. The minimum Gasteiger partial charge on any atom is -0.504 e. The molecule has 1 aromatic carbocycles. The van der Waals surface area contributed by atoms with Gasteiger partial charge in [0.1, 0.15) is 11.5 Å². The molecular weight excluding hydrogens is 289 g/mol. The number of aromatic nitrogens is 2. The Morgan fingerprint density at radius 3 is 2.86 bits per heavy atom. The molecule has 1 aromatic heterocycles. The third-order valence-electron chi connectivity index (χ3n) is 3.13. The second kappa shape index (κ2) is 7.04. The normalized spacial score (nSPS) is 12.1. The van der Waals surface area contributed by atoms with Gasteiger partial charge in [-0.1, -0.05) is 25.5 Å². The first-order chi connectivity index (χ1) is 10.5. The van der Waals surface area contributed by atoms with E-state index < -0.39 is 17.8 Å². The molecule has 0 aliphatic heterocycles. The monoisotopic (exact) mass is 307 g/mol. The number of carbonyl (C=O) groups is 1. The van der Waals surface area contributed by atoms with Crippen LogP contribution < -0.4 is 5.32 Å². The standard InChI is InChI=1S/C15H18FN3O3/c1-2-5-10(20)8-17-15(22)14-13(21)9-19(18-14)12-7-4-3-6-11(12)16/h3-4,6-7,9-10,20-21H,2,5,8H2,1H3,(H,17,22). The number of aliphatic hydroxyl groups excluding tert-OH is 1. The maximum absolute atomic E-state index is 13.7. The number of halogens is 1. The van der Waals surface area contributed by atoms with Crippen molar-refractivity contribution < 1.29 is 19.4 Å². The summed E-state index contributed by atoms with van der Waals surface area (Å²) in [6.45, 7) is 1.99. The van der Waals surface area contributed by atoms with Crippen molar-refractivity contribution in [2.24, 2.45) is 0 Å². The Morgan fingerprint density at radius 1 is 1.45 bits per heavy atom. The fourth-order valence-corrected chi connectivity index (χ4v) is 2.02. The predicted molar refractivity (Wildman–Crippen MR) is 78.4 cm³/mol. The molecule has 1 heterocycles. The molecule has 7 heteroatoms. The highest BCUT2D eigenvalue weighted by Crippen LogP contribution is 2.19. The first-order valence-electron chi connectivity index (χ1n) is 7.02. The number of amides is 1. The lowest BCUT2D eigenvalue weighted by atomic mass is 10.2. The summed E-state index contributed by atoms with van der Waals surface area (Å²) in [4.78, 5) is 12.0. The molecular formula is C15H18FN3O3. The summed E-state index contributed by atoms with van der Waals surface area (Å²) in [5.41, 5.74) is -0.0881. The van der Waals surface area contributed by atoms with Gasteiger partial charge in [-0.2, -0.15) is 5.10 Å². The van der Waals surface area contributed by atoms with Crippen molar-refractivity contribution in [3.05, 3.63) is 42.0 Å². The van der Waals surface area contributed by atoms with E-state index in [1.807, 2.05) is 6.92 Å². The fraction of sp³-hybridized carbons (Fsp3) is 0.333. The van der Waals surface area contributed by atoms with Crippen LogP contribution in [0.4, 0.5) is 4.39 Å². The summed E-state index contributed by atoms with van der Waals surface area (Å²) in [5.74, 6) is -1.50. The number of benzene rings is 1. The second-order valence-electron chi connectivity index (χ2n) is 4.91. The molecule has 118 valence electrons. The molecule has 3 N–H and O–H groups in total. The van der Waals surface area contributed by atoms with E-state index >= 15 is 0 Å². The topological polar surface area (TPSA) is 87.4 Å². The molecule has 2 aromatic rings. The smallest absolute Gasteiger partial charge is 0.275 e. The SMILES string of the molecule is CCCC(O)CNC(=O)c1nn(-c2ccccc2F)cc1O. The molecule has 0 bridgehead atoms. The molecule has 1 unspecified atom stereocenters. The molecule has 2 rings (SSSR count). The molecule has 0 spiro atoms. The molecule has 0 fully saturated rings. The van der Waals surface area contributed by atoms with E-state index in [9.17, 15) is 19.4 Å². The van der Waals surface area contributed by atoms with Crippen molar-refractivity contribution in [3.8, 4) is 11.4 Å². The number of nitrogens with one attached hydrogen (secondary N) is 1. The van der Waals surface area contributed by atoms with Gasteiger partial charge < -0.3 is 15.5 Å². The number of hydrogen-bond acceptors (Lipinski definition) is 4. The Morgan fingerprint density at radius 2 is 2.18 bits per heavy atom. The summed E-state index contributed by atoms with van der Waals surface area (Å²) < 4.78 is 14.8. The van der Waals surface area contributed by atoms with Crippen molar-refractivity contribution in [2.45, 2.75) is 25.9 Å². The lowest BCUT2D eigenvalue weighted by Gasteiger charge is -2.09. The number of para-hydroxylation sites is 1. The average molecular weight is 307 g/mol. The Balaban J connectivity index is 2.13. The highest BCUT2D eigenvalue weighted by Gasteiger charge is 2.18. The molecule has 0 saturated heterocycles. The van der Waals surface area contributed by atoms with Gasteiger partial charge in [0.25, 0.3) is 5.91 Å². The van der Waals surface area contributed by atoms with Gasteiger partial charge in [0, 0.05) is 6.54 Å². The Hall–Kier alpha value is -2.41. The van der Waals surface area contributed by atoms with Gasteiger partial charge in [0.15, 0.2) is 11.4 Å². The van der Waals surface area contributed by atoms with Gasteiger partial charge in [-0.05, 0) is 18.6 Å². The van der Waals surface area contributed by atoms with E-state index in [0.717, 1.165) is 17.3 Å². The molecule has 22 heavy (non-hydrogen) atoms. The van der Waals surface area contributed by atoms with Crippen LogP contribution in [0.5, 0.6) is 5.75 Å². The molecule has 1 amide bonds. The van der Waals surface area contributed by atoms with Crippen LogP contribution in [0.3, 0.4) is 0 Å². The van der Waals surface area contributed by atoms with Crippen LogP contribution in [0.15, 0.2) is 30.5 Å². The quantitative estimate of drug-likeness (QED) is 0.756.